The molecule has 1 aromatic carbocycles. The van der Waals surface area contributed by atoms with Crippen LogP contribution in [0.4, 0.5) is 11.4 Å². The summed E-state index contributed by atoms with van der Waals surface area (Å²) in [6, 6.07) is 5.13. The van der Waals surface area contributed by atoms with Crippen LogP contribution in [0.5, 0.6) is 5.75 Å². The number of benzene rings is 1. The molecule has 1 heterocycles. The first-order valence-corrected chi connectivity index (χ1v) is 7.31. The molecular formula is C14H18N4O2S. The summed E-state index contributed by atoms with van der Waals surface area (Å²) in [4.78, 5) is 18.2. The van der Waals surface area contributed by atoms with Gasteiger partial charge in [0.25, 0.3) is 0 Å². The molecule has 2 rings (SSSR count). The first-order chi connectivity index (χ1) is 10.1. The fourth-order valence-electron chi connectivity index (χ4n) is 1.91. The lowest BCUT2D eigenvalue weighted by molar-refractivity contribution is -0.117. The Hall–Kier alpha value is -2.12. The summed E-state index contributed by atoms with van der Waals surface area (Å²) in [7, 11) is 3.42. The van der Waals surface area contributed by atoms with Crippen molar-refractivity contribution in [1.82, 2.24) is 9.88 Å². The number of ether oxygens (including phenoxy) is 1. The zero-order valence-corrected chi connectivity index (χ0v) is 12.8. The second kappa shape index (κ2) is 7.05. The molecule has 0 fully saturated rings. The van der Waals surface area contributed by atoms with E-state index in [1.807, 2.05) is 17.3 Å². The molecule has 3 N–H and O–H groups in total. The number of nitrogens with one attached hydrogen (secondary N) is 1. The van der Waals surface area contributed by atoms with Crippen LogP contribution in [0.15, 0.2) is 29.1 Å². The van der Waals surface area contributed by atoms with Crippen molar-refractivity contribution in [2.75, 3.05) is 31.8 Å². The van der Waals surface area contributed by atoms with Gasteiger partial charge in [0.2, 0.25) is 5.91 Å². The Labute approximate surface area is 127 Å². The Morgan fingerprint density at radius 3 is 3.00 bits per heavy atom. The van der Waals surface area contributed by atoms with Gasteiger partial charge in [-0.05, 0) is 25.2 Å². The quantitative estimate of drug-likeness (QED) is 0.796. The molecule has 0 aliphatic carbocycles. The van der Waals surface area contributed by atoms with Gasteiger partial charge in [0, 0.05) is 17.6 Å². The summed E-state index contributed by atoms with van der Waals surface area (Å²) in [5.74, 6) is 0.455. The van der Waals surface area contributed by atoms with Gasteiger partial charge in [0.1, 0.15) is 5.75 Å². The van der Waals surface area contributed by atoms with Crippen molar-refractivity contribution in [3.63, 3.8) is 0 Å². The fraction of sp³-hybridized carbons (Fsp3) is 0.286. The molecule has 0 bridgehead atoms. The monoisotopic (exact) mass is 306 g/mol. The van der Waals surface area contributed by atoms with Gasteiger partial charge < -0.3 is 15.8 Å². The molecule has 6 nitrogen and oxygen atoms in total. The number of carbonyl (C=O) groups is 1. The van der Waals surface area contributed by atoms with E-state index in [9.17, 15) is 4.79 Å². The first kappa shape index (κ1) is 15.3. The second-order valence-electron chi connectivity index (χ2n) is 4.66. The number of anilines is 2. The number of hydrogen-bond donors (Lipinski definition) is 2. The summed E-state index contributed by atoms with van der Waals surface area (Å²) >= 11 is 1.54. The molecular weight excluding hydrogens is 288 g/mol. The molecule has 0 radical (unpaired) electrons. The van der Waals surface area contributed by atoms with E-state index in [0.717, 1.165) is 5.69 Å². The lowest BCUT2D eigenvalue weighted by Crippen LogP contribution is -2.30. The third-order valence-corrected chi connectivity index (χ3v) is 3.46. The summed E-state index contributed by atoms with van der Waals surface area (Å²) < 4.78 is 5.20. The number of likely N-dealkylation sites (N-methyl/N-ethyl adjacent to an activating group) is 1. The highest BCUT2D eigenvalue weighted by Gasteiger charge is 2.11. The van der Waals surface area contributed by atoms with Crippen LogP contribution in [0.25, 0.3) is 0 Å². The van der Waals surface area contributed by atoms with Crippen molar-refractivity contribution >= 4 is 28.6 Å². The molecule has 0 atom stereocenters. The van der Waals surface area contributed by atoms with Crippen molar-refractivity contribution in [2.24, 2.45) is 0 Å². The number of thiazole rings is 1. The largest absolute Gasteiger partial charge is 0.495 e. The standard InChI is InChI=1S/C14H18N4O2S/c1-18(6-11-8-21-9-16-11)7-14(19)17-12-5-10(15)3-4-13(12)20-2/h3-5,8-9H,6-7,15H2,1-2H3,(H,17,19). The molecule has 112 valence electrons. The molecule has 1 amide bonds. The fourth-order valence-corrected chi connectivity index (χ4v) is 2.46. The van der Waals surface area contributed by atoms with Gasteiger partial charge in [-0.1, -0.05) is 0 Å². The number of nitrogen functional groups attached to an aromatic ring is 1. The first-order valence-electron chi connectivity index (χ1n) is 6.37. The normalized spacial score (nSPS) is 10.6. The molecule has 2 aromatic rings. The maximum Gasteiger partial charge on any atom is 0.238 e. The van der Waals surface area contributed by atoms with Crippen LogP contribution in [0.2, 0.25) is 0 Å². The van der Waals surface area contributed by atoms with Crippen molar-refractivity contribution in [3.05, 3.63) is 34.8 Å². The van der Waals surface area contributed by atoms with Crippen LogP contribution < -0.4 is 15.8 Å². The SMILES string of the molecule is COc1ccc(N)cc1NC(=O)CN(C)Cc1cscn1. The number of rotatable bonds is 6. The van der Waals surface area contributed by atoms with Crippen LogP contribution in [0.1, 0.15) is 5.69 Å². The minimum Gasteiger partial charge on any atom is -0.495 e. The molecule has 0 saturated carbocycles. The topological polar surface area (TPSA) is 80.5 Å². The van der Waals surface area contributed by atoms with Crippen LogP contribution in [-0.2, 0) is 11.3 Å². The summed E-state index contributed by atoms with van der Waals surface area (Å²) in [6.07, 6.45) is 0. The van der Waals surface area contributed by atoms with Gasteiger partial charge >= 0.3 is 0 Å². The van der Waals surface area contributed by atoms with Crippen LogP contribution in [-0.4, -0.2) is 36.5 Å². The van der Waals surface area contributed by atoms with E-state index in [2.05, 4.69) is 10.3 Å². The maximum absolute atomic E-state index is 12.1. The summed E-state index contributed by atoms with van der Waals surface area (Å²) in [5.41, 5.74) is 9.60. The zero-order chi connectivity index (χ0) is 15.2. The van der Waals surface area contributed by atoms with Gasteiger partial charge in [0.15, 0.2) is 0 Å². The smallest absolute Gasteiger partial charge is 0.238 e. The Bertz CT molecular complexity index is 601. The lowest BCUT2D eigenvalue weighted by Gasteiger charge is -2.16. The number of carbonyl (C=O) groups excluding carboxylic acids is 1. The average Bonchev–Trinajstić information content (AvgIpc) is 2.91. The summed E-state index contributed by atoms with van der Waals surface area (Å²) in [6.45, 7) is 0.889. The lowest BCUT2D eigenvalue weighted by atomic mass is 10.2. The molecule has 0 saturated heterocycles. The molecule has 1 aromatic heterocycles. The molecule has 0 unspecified atom stereocenters. The molecule has 0 aliphatic heterocycles. The number of aromatic nitrogens is 1. The highest BCUT2D eigenvalue weighted by atomic mass is 32.1. The highest BCUT2D eigenvalue weighted by molar-refractivity contribution is 7.07. The van der Waals surface area contributed by atoms with Crippen molar-refractivity contribution in [1.29, 1.82) is 0 Å². The van der Waals surface area contributed by atoms with Crippen molar-refractivity contribution in [3.8, 4) is 5.75 Å². The Kier molecular flexibility index (Phi) is 5.13. The predicted octanol–water partition coefficient (Wildman–Crippen LogP) is 1.80. The third kappa shape index (κ3) is 4.44. The van der Waals surface area contributed by atoms with Gasteiger partial charge in [0.05, 0.1) is 30.5 Å². The van der Waals surface area contributed by atoms with Crippen LogP contribution >= 0.6 is 11.3 Å². The second-order valence-corrected chi connectivity index (χ2v) is 5.38. The Morgan fingerprint density at radius 1 is 1.52 bits per heavy atom. The van der Waals surface area contributed by atoms with Crippen LogP contribution in [0.3, 0.4) is 0 Å². The van der Waals surface area contributed by atoms with Gasteiger partial charge in [-0.25, -0.2) is 4.98 Å². The minimum atomic E-state index is -0.128. The number of hydrogen-bond acceptors (Lipinski definition) is 6. The van der Waals surface area contributed by atoms with Crippen LogP contribution in [0, 0.1) is 0 Å². The molecule has 21 heavy (non-hydrogen) atoms. The van der Waals surface area contributed by atoms with Gasteiger partial charge in [-0.3, -0.25) is 9.69 Å². The van der Waals surface area contributed by atoms with E-state index < -0.39 is 0 Å². The number of methoxy groups -OCH3 is 1. The molecule has 0 aliphatic rings. The number of amides is 1. The average molecular weight is 306 g/mol. The van der Waals surface area contributed by atoms with Crippen molar-refractivity contribution in [2.45, 2.75) is 6.54 Å². The van der Waals surface area contributed by atoms with E-state index in [1.165, 1.54) is 0 Å². The maximum atomic E-state index is 12.1. The van der Waals surface area contributed by atoms with E-state index >= 15 is 0 Å². The number of nitrogens with zero attached hydrogens (tertiary/aromatic N) is 2. The highest BCUT2D eigenvalue weighted by Crippen LogP contribution is 2.26. The van der Waals surface area contributed by atoms with Gasteiger partial charge in [-0.2, -0.15) is 0 Å². The van der Waals surface area contributed by atoms with Gasteiger partial charge in [-0.15, -0.1) is 11.3 Å². The van der Waals surface area contributed by atoms with E-state index in [1.54, 1.807) is 42.2 Å². The Morgan fingerprint density at radius 2 is 2.33 bits per heavy atom. The van der Waals surface area contributed by atoms with E-state index in [-0.39, 0.29) is 12.5 Å². The third-order valence-electron chi connectivity index (χ3n) is 2.83. The number of nitrogens with two attached hydrogens (primary N) is 1. The van der Waals surface area contributed by atoms with E-state index in [4.69, 9.17) is 10.5 Å². The van der Waals surface area contributed by atoms with Crippen molar-refractivity contribution < 1.29 is 9.53 Å². The zero-order valence-electron chi connectivity index (χ0n) is 12.0. The summed E-state index contributed by atoms with van der Waals surface area (Å²) in [5, 5.41) is 4.78. The Balaban J connectivity index is 1.93. The van der Waals surface area contributed by atoms with E-state index in [0.29, 0.717) is 23.7 Å². The molecule has 0 spiro atoms. The minimum absolute atomic E-state index is 0.128. The molecule has 7 heteroatoms. The predicted molar refractivity (Wildman–Crippen MR) is 84.5 cm³/mol.